The second kappa shape index (κ2) is 7.84. The summed E-state index contributed by atoms with van der Waals surface area (Å²) >= 11 is 0.988. The van der Waals surface area contributed by atoms with Crippen molar-refractivity contribution in [2.75, 3.05) is 7.11 Å². The van der Waals surface area contributed by atoms with Crippen LogP contribution < -0.4 is 0 Å². The van der Waals surface area contributed by atoms with E-state index in [4.69, 9.17) is 4.33 Å². The molecule has 106 valence electrons. The average molecular weight is 292 g/mol. The van der Waals surface area contributed by atoms with Crippen molar-refractivity contribution in [3.8, 4) is 0 Å². The molecule has 2 rings (SSSR count). The zero-order chi connectivity index (χ0) is 14.2. The zero-order valence-electron chi connectivity index (χ0n) is 11.2. The minimum Gasteiger partial charge on any atom is -0.317 e. The van der Waals surface area contributed by atoms with E-state index < -0.39 is 0 Å². The molecule has 0 unspecified atom stereocenters. The van der Waals surface area contributed by atoms with E-state index in [-0.39, 0.29) is 5.78 Å². The van der Waals surface area contributed by atoms with E-state index in [1.165, 1.54) is 12.7 Å². The second-order valence-electron chi connectivity index (χ2n) is 4.18. The first-order valence-electron chi connectivity index (χ1n) is 6.23. The summed E-state index contributed by atoms with van der Waals surface area (Å²) in [6.07, 6.45) is 4.65. The van der Waals surface area contributed by atoms with E-state index in [0.29, 0.717) is 18.1 Å². The van der Waals surface area contributed by atoms with Crippen molar-refractivity contribution in [3.05, 3.63) is 48.3 Å². The molecule has 0 aliphatic heterocycles. The highest BCUT2D eigenvalue weighted by atomic mass is 32.2. The molecular formula is C14H16N2O3S. The number of carbonyl (C=O) groups excluding carboxylic acids is 1. The Balaban J connectivity index is 1.84. The quantitative estimate of drug-likeness (QED) is 0.425. The Hall–Kier alpha value is -1.63. The highest BCUT2D eigenvalue weighted by Gasteiger charge is 2.09. The summed E-state index contributed by atoms with van der Waals surface area (Å²) in [5, 5.41) is 0.597. The molecule has 0 saturated heterocycles. The van der Waals surface area contributed by atoms with Crippen molar-refractivity contribution in [1.82, 2.24) is 9.55 Å². The van der Waals surface area contributed by atoms with Crippen LogP contribution in [0.25, 0.3) is 0 Å². The Kier molecular flexibility index (Phi) is 5.79. The molecule has 0 amide bonds. The number of rotatable bonds is 8. The third-order valence-electron chi connectivity index (χ3n) is 2.74. The topological polar surface area (TPSA) is 53.4 Å². The molecule has 2 aromatic rings. The fourth-order valence-corrected chi connectivity index (χ4v) is 2.22. The molecule has 0 fully saturated rings. The van der Waals surface area contributed by atoms with Crippen molar-refractivity contribution < 1.29 is 14.0 Å². The third-order valence-corrected chi connectivity index (χ3v) is 3.43. The lowest BCUT2D eigenvalue weighted by Crippen LogP contribution is -2.11. The maximum absolute atomic E-state index is 12.0. The van der Waals surface area contributed by atoms with Gasteiger partial charge in [0.25, 0.3) is 0 Å². The number of aromatic nitrogens is 2. The third kappa shape index (κ3) is 4.48. The summed E-state index contributed by atoms with van der Waals surface area (Å²) in [4.78, 5) is 20.6. The van der Waals surface area contributed by atoms with Crippen LogP contribution in [-0.2, 0) is 27.0 Å². The standard InChI is InChI=1S/C14H16N2O3S/c1-18-19-20-14-15-9-10-16(14)11-13(17)8-7-12-5-3-2-4-6-12/h2-6,9-10H,7-8,11H2,1H3. The monoisotopic (exact) mass is 292 g/mol. The van der Waals surface area contributed by atoms with Gasteiger partial charge in [-0.25, -0.2) is 9.87 Å². The number of hydrogen-bond donors (Lipinski definition) is 0. The molecule has 1 aromatic heterocycles. The van der Waals surface area contributed by atoms with Crippen LogP contribution >= 0.6 is 12.0 Å². The lowest BCUT2D eigenvalue weighted by molar-refractivity contribution is -0.160. The summed E-state index contributed by atoms with van der Waals surface area (Å²) < 4.78 is 6.50. The van der Waals surface area contributed by atoms with Crippen LogP contribution in [-0.4, -0.2) is 22.4 Å². The van der Waals surface area contributed by atoms with Crippen molar-refractivity contribution in [1.29, 1.82) is 0 Å². The number of ketones is 1. The minimum absolute atomic E-state index is 0.158. The fraction of sp³-hybridized carbons (Fsp3) is 0.286. The average Bonchev–Trinajstić information content (AvgIpc) is 2.91. The first-order chi connectivity index (χ1) is 9.79. The van der Waals surface area contributed by atoms with Gasteiger partial charge in [0.05, 0.1) is 13.7 Å². The highest BCUT2D eigenvalue weighted by Crippen LogP contribution is 2.17. The van der Waals surface area contributed by atoms with E-state index in [1.54, 1.807) is 17.0 Å². The maximum Gasteiger partial charge on any atom is 0.199 e. The Morgan fingerprint density at radius 1 is 1.35 bits per heavy atom. The van der Waals surface area contributed by atoms with Gasteiger partial charge in [-0.3, -0.25) is 4.79 Å². The van der Waals surface area contributed by atoms with Gasteiger partial charge in [-0.05, 0) is 12.0 Å². The maximum atomic E-state index is 12.0. The Morgan fingerprint density at radius 3 is 2.90 bits per heavy atom. The molecule has 1 aromatic carbocycles. The van der Waals surface area contributed by atoms with Crippen LogP contribution in [0.2, 0.25) is 0 Å². The van der Waals surface area contributed by atoms with Crippen molar-refractivity contribution >= 4 is 17.8 Å². The first kappa shape index (κ1) is 14.8. The summed E-state index contributed by atoms with van der Waals surface area (Å²) in [6.45, 7) is 0.294. The predicted octanol–water partition coefficient (Wildman–Crippen LogP) is 2.67. The van der Waals surface area contributed by atoms with E-state index in [0.717, 1.165) is 18.5 Å². The molecule has 6 heteroatoms. The van der Waals surface area contributed by atoms with E-state index in [2.05, 4.69) is 9.87 Å². The molecule has 0 radical (unpaired) electrons. The second-order valence-corrected chi connectivity index (χ2v) is 4.85. The first-order valence-corrected chi connectivity index (χ1v) is 6.98. The molecule has 0 saturated carbocycles. The van der Waals surface area contributed by atoms with Gasteiger partial charge >= 0.3 is 0 Å². The number of Topliss-reactive ketones (excluding diaryl/α,β-unsaturated/α-hetero) is 1. The predicted molar refractivity (Wildman–Crippen MR) is 75.9 cm³/mol. The molecule has 5 nitrogen and oxygen atoms in total. The summed E-state index contributed by atoms with van der Waals surface area (Å²) in [5.41, 5.74) is 1.17. The molecule has 0 bridgehead atoms. The number of aryl methyl sites for hydroxylation is 1. The molecule has 0 aliphatic rings. The smallest absolute Gasteiger partial charge is 0.199 e. The molecule has 1 heterocycles. The van der Waals surface area contributed by atoms with E-state index in [1.807, 2.05) is 30.3 Å². The molecule has 20 heavy (non-hydrogen) atoms. The molecule has 0 aliphatic carbocycles. The Bertz CT molecular complexity index is 542. The SMILES string of the molecule is COOSc1nccn1CC(=O)CCc1ccccc1. The van der Waals surface area contributed by atoms with Crippen molar-refractivity contribution in [2.24, 2.45) is 0 Å². The van der Waals surface area contributed by atoms with Crippen LogP contribution in [0.1, 0.15) is 12.0 Å². The van der Waals surface area contributed by atoms with Crippen LogP contribution in [0.4, 0.5) is 0 Å². The minimum atomic E-state index is 0.158. The molecule has 0 spiro atoms. The van der Waals surface area contributed by atoms with Crippen LogP contribution in [0.5, 0.6) is 0 Å². The van der Waals surface area contributed by atoms with Gasteiger partial charge in [0.15, 0.2) is 10.9 Å². The lowest BCUT2D eigenvalue weighted by atomic mass is 10.1. The number of nitrogens with zero attached hydrogens (tertiary/aromatic N) is 2. The van der Waals surface area contributed by atoms with Crippen LogP contribution in [0, 0.1) is 0 Å². The van der Waals surface area contributed by atoms with Crippen LogP contribution in [0.3, 0.4) is 0 Å². The van der Waals surface area contributed by atoms with Gasteiger partial charge in [-0.2, -0.15) is 4.33 Å². The van der Waals surface area contributed by atoms with Gasteiger partial charge in [-0.1, -0.05) is 30.3 Å². The lowest BCUT2D eigenvalue weighted by Gasteiger charge is -2.05. The van der Waals surface area contributed by atoms with Gasteiger partial charge in [0.2, 0.25) is 0 Å². The van der Waals surface area contributed by atoms with Crippen LogP contribution in [0.15, 0.2) is 47.9 Å². The van der Waals surface area contributed by atoms with Gasteiger partial charge in [0, 0.05) is 18.8 Å². The van der Waals surface area contributed by atoms with E-state index in [9.17, 15) is 4.79 Å². The van der Waals surface area contributed by atoms with E-state index >= 15 is 0 Å². The molecule has 0 N–H and O–H groups in total. The largest absolute Gasteiger partial charge is 0.317 e. The summed E-state index contributed by atoms with van der Waals surface area (Å²) in [6, 6.07) is 9.98. The molecule has 0 atom stereocenters. The number of hydrogen-bond acceptors (Lipinski definition) is 5. The van der Waals surface area contributed by atoms with Crippen molar-refractivity contribution in [3.63, 3.8) is 0 Å². The highest BCUT2D eigenvalue weighted by molar-refractivity contribution is 7.94. The Labute approximate surface area is 122 Å². The summed E-state index contributed by atoms with van der Waals surface area (Å²) in [7, 11) is 1.42. The number of benzene rings is 1. The Morgan fingerprint density at radius 2 is 2.15 bits per heavy atom. The number of imidazole rings is 1. The fourth-order valence-electron chi connectivity index (χ4n) is 1.77. The van der Waals surface area contributed by atoms with Gasteiger partial charge in [0.1, 0.15) is 12.0 Å². The normalized spacial score (nSPS) is 10.7. The molecular weight excluding hydrogens is 276 g/mol. The van der Waals surface area contributed by atoms with Crippen molar-refractivity contribution in [2.45, 2.75) is 24.5 Å². The number of carbonyl (C=O) groups is 1. The van der Waals surface area contributed by atoms with Gasteiger partial charge in [-0.15, -0.1) is 0 Å². The summed E-state index contributed by atoms with van der Waals surface area (Å²) in [5.74, 6) is 0.158. The van der Waals surface area contributed by atoms with Gasteiger partial charge < -0.3 is 4.57 Å². The zero-order valence-corrected chi connectivity index (χ0v) is 12.0.